The van der Waals surface area contributed by atoms with Crippen molar-refractivity contribution in [1.82, 2.24) is 0 Å². The Balaban J connectivity index is 2.32. The number of benzene rings is 1. The summed E-state index contributed by atoms with van der Waals surface area (Å²) in [6, 6.07) is 7.28. The van der Waals surface area contributed by atoms with E-state index in [0.29, 0.717) is 12.6 Å². The molecule has 2 nitrogen and oxygen atoms in total. The SMILES string of the molecule is Cc1ccc(N2CCCC(C)C2C)c(CN)c1. The first-order chi connectivity index (χ1) is 8.13. The fourth-order valence-electron chi connectivity index (χ4n) is 2.83. The summed E-state index contributed by atoms with van der Waals surface area (Å²) in [5.41, 5.74) is 9.81. The summed E-state index contributed by atoms with van der Waals surface area (Å²) in [7, 11) is 0. The van der Waals surface area contributed by atoms with E-state index in [-0.39, 0.29) is 0 Å². The number of piperidine rings is 1. The largest absolute Gasteiger partial charge is 0.368 e. The number of nitrogens with two attached hydrogens (primary N) is 1. The molecule has 0 saturated carbocycles. The molecule has 0 aromatic heterocycles. The molecule has 1 saturated heterocycles. The molecule has 2 heteroatoms. The Morgan fingerprint density at radius 3 is 2.82 bits per heavy atom. The van der Waals surface area contributed by atoms with Crippen LogP contribution in [0.5, 0.6) is 0 Å². The van der Waals surface area contributed by atoms with Crippen molar-refractivity contribution in [2.45, 2.75) is 46.2 Å². The van der Waals surface area contributed by atoms with Crippen LogP contribution in [0.2, 0.25) is 0 Å². The quantitative estimate of drug-likeness (QED) is 0.849. The van der Waals surface area contributed by atoms with Crippen LogP contribution in [0.1, 0.15) is 37.8 Å². The second-order valence-electron chi connectivity index (χ2n) is 5.39. The fourth-order valence-corrected chi connectivity index (χ4v) is 2.83. The number of hydrogen-bond acceptors (Lipinski definition) is 2. The predicted molar refractivity (Wildman–Crippen MR) is 74.3 cm³/mol. The van der Waals surface area contributed by atoms with E-state index in [4.69, 9.17) is 5.73 Å². The van der Waals surface area contributed by atoms with Gasteiger partial charge in [-0.2, -0.15) is 0 Å². The van der Waals surface area contributed by atoms with Gasteiger partial charge in [0, 0.05) is 24.8 Å². The van der Waals surface area contributed by atoms with Crippen molar-refractivity contribution < 1.29 is 0 Å². The topological polar surface area (TPSA) is 29.3 Å². The molecule has 17 heavy (non-hydrogen) atoms. The van der Waals surface area contributed by atoms with Gasteiger partial charge in [-0.05, 0) is 44.2 Å². The molecule has 0 radical (unpaired) electrons. The van der Waals surface area contributed by atoms with Crippen molar-refractivity contribution in [3.8, 4) is 0 Å². The highest BCUT2D eigenvalue weighted by atomic mass is 15.2. The Morgan fingerprint density at radius 2 is 2.12 bits per heavy atom. The highest BCUT2D eigenvalue weighted by Gasteiger charge is 2.25. The van der Waals surface area contributed by atoms with Gasteiger partial charge in [-0.1, -0.05) is 24.6 Å². The Labute approximate surface area is 105 Å². The smallest absolute Gasteiger partial charge is 0.0414 e. The molecule has 0 bridgehead atoms. The van der Waals surface area contributed by atoms with Crippen molar-refractivity contribution >= 4 is 5.69 Å². The monoisotopic (exact) mass is 232 g/mol. The first kappa shape index (κ1) is 12.4. The Bertz CT molecular complexity index is 387. The summed E-state index contributed by atoms with van der Waals surface area (Å²) in [6.07, 6.45) is 2.64. The zero-order chi connectivity index (χ0) is 12.4. The molecule has 0 spiro atoms. The molecule has 1 fully saturated rings. The van der Waals surface area contributed by atoms with Gasteiger partial charge < -0.3 is 10.6 Å². The minimum Gasteiger partial charge on any atom is -0.368 e. The van der Waals surface area contributed by atoms with Crippen molar-refractivity contribution in [3.05, 3.63) is 29.3 Å². The third-order valence-corrected chi connectivity index (χ3v) is 4.14. The van der Waals surface area contributed by atoms with E-state index in [1.807, 2.05) is 0 Å². The molecule has 2 N–H and O–H groups in total. The van der Waals surface area contributed by atoms with Crippen molar-refractivity contribution in [1.29, 1.82) is 0 Å². The van der Waals surface area contributed by atoms with Gasteiger partial charge in [0.25, 0.3) is 0 Å². The van der Waals surface area contributed by atoms with E-state index in [2.05, 4.69) is 43.9 Å². The molecule has 1 aliphatic heterocycles. The molecule has 0 amide bonds. The molecule has 2 atom stereocenters. The molecule has 0 aliphatic carbocycles. The highest BCUT2D eigenvalue weighted by molar-refractivity contribution is 5.56. The average Bonchev–Trinajstić information content (AvgIpc) is 2.33. The first-order valence-electron chi connectivity index (χ1n) is 6.69. The minimum absolute atomic E-state index is 0.622. The second-order valence-corrected chi connectivity index (χ2v) is 5.39. The lowest BCUT2D eigenvalue weighted by molar-refractivity contribution is 0.363. The van der Waals surface area contributed by atoms with Crippen molar-refractivity contribution in [2.24, 2.45) is 11.7 Å². The highest BCUT2D eigenvalue weighted by Crippen LogP contribution is 2.31. The fraction of sp³-hybridized carbons (Fsp3) is 0.600. The summed E-state index contributed by atoms with van der Waals surface area (Å²) in [6.45, 7) is 8.62. The molecular weight excluding hydrogens is 208 g/mol. The Kier molecular flexibility index (Phi) is 3.72. The summed E-state index contributed by atoms with van der Waals surface area (Å²) in [5.74, 6) is 0.774. The second kappa shape index (κ2) is 5.09. The molecular formula is C15H24N2. The molecule has 1 aromatic carbocycles. The Morgan fingerprint density at radius 1 is 1.35 bits per heavy atom. The molecule has 2 rings (SSSR count). The lowest BCUT2D eigenvalue weighted by atomic mass is 9.91. The summed E-state index contributed by atoms with van der Waals surface area (Å²) < 4.78 is 0. The third-order valence-electron chi connectivity index (χ3n) is 4.14. The first-order valence-corrected chi connectivity index (χ1v) is 6.69. The average molecular weight is 232 g/mol. The number of hydrogen-bond donors (Lipinski definition) is 1. The van der Waals surface area contributed by atoms with Crippen LogP contribution >= 0.6 is 0 Å². The lowest BCUT2D eigenvalue weighted by Gasteiger charge is -2.40. The zero-order valence-corrected chi connectivity index (χ0v) is 11.2. The maximum absolute atomic E-state index is 5.88. The van der Waals surface area contributed by atoms with Crippen LogP contribution in [0.15, 0.2) is 18.2 Å². The van der Waals surface area contributed by atoms with Crippen molar-refractivity contribution in [2.75, 3.05) is 11.4 Å². The van der Waals surface area contributed by atoms with Crippen LogP contribution < -0.4 is 10.6 Å². The van der Waals surface area contributed by atoms with Gasteiger partial charge >= 0.3 is 0 Å². The van der Waals surface area contributed by atoms with Crippen molar-refractivity contribution in [3.63, 3.8) is 0 Å². The van der Waals surface area contributed by atoms with Crippen LogP contribution in [-0.2, 0) is 6.54 Å². The van der Waals surface area contributed by atoms with Gasteiger partial charge in [0.1, 0.15) is 0 Å². The predicted octanol–water partition coefficient (Wildman–Crippen LogP) is 3.08. The van der Waals surface area contributed by atoms with Crippen LogP contribution in [-0.4, -0.2) is 12.6 Å². The van der Waals surface area contributed by atoms with Crippen LogP contribution in [0, 0.1) is 12.8 Å². The normalized spacial score (nSPS) is 25.1. The Hall–Kier alpha value is -1.02. The minimum atomic E-state index is 0.622. The van der Waals surface area contributed by atoms with E-state index in [1.165, 1.54) is 36.2 Å². The van der Waals surface area contributed by atoms with Gasteiger partial charge in [-0.3, -0.25) is 0 Å². The molecule has 1 aromatic rings. The molecule has 94 valence electrons. The van der Waals surface area contributed by atoms with E-state index < -0.39 is 0 Å². The number of rotatable bonds is 2. The summed E-state index contributed by atoms with van der Waals surface area (Å²) >= 11 is 0. The molecule has 2 unspecified atom stereocenters. The van der Waals surface area contributed by atoms with E-state index in [0.717, 1.165) is 5.92 Å². The van der Waals surface area contributed by atoms with Crippen LogP contribution in [0.3, 0.4) is 0 Å². The van der Waals surface area contributed by atoms with Crippen LogP contribution in [0.4, 0.5) is 5.69 Å². The number of aryl methyl sites for hydroxylation is 1. The maximum Gasteiger partial charge on any atom is 0.0414 e. The summed E-state index contributed by atoms with van der Waals surface area (Å²) in [4.78, 5) is 2.54. The zero-order valence-electron chi connectivity index (χ0n) is 11.2. The van der Waals surface area contributed by atoms with Gasteiger partial charge in [0.05, 0.1) is 0 Å². The van der Waals surface area contributed by atoms with Gasteiger partial charge in [-0.15, -0.1) is 0 Å². The molecule has 1 aliphatic rings. The third kappa shape index (κ3) is 2.47. The van der Waals surface area contributed by atoms with Crippen LogP contribution in [0.25, 0.3) is 0 Å². The van der Waals surface area contributed by atoms with E-state index >= 15 is 0 Å². The standard InChI is InChI=1S/C15H24N2/c1-11-6-7-15(14(9-11)10-16)17-8-4-5-12(2)13(17)3/h6-7,9,12-13H,4-5,8,10,16H2,1-3H3. The maximum atomic E-state index is 5.88. The van der Waals surface area contributed by atoms with Gasteiger partial charge in [0.15, 0.2) is 0 Å². The van der Waals surface area contributed by atoms with Gasteiger partial charge in [0.2, 0.25) is 0 Å². The summed E-state index contributed by atoms with van der Waals surface area (Å²) in [5, 5.41) is 0. The van der Waals surface area contributed by atoms with Gasteiger partial charge in [-0.25, -0.2) is 0 Å². The molecule has 1 heterocycles. The van der Waals surface area contributed by atoms with E-state index in [1.54, 1.807) is 0 Å². The lowest BCUT2D eigenvalue weighted by Crippen LogP contribution is -2.43. The van der Waals surface area contributed by atoms with E-state index in [9.17, 15) is 0 Å². The number of anilines is 1. The number of nitrogens with zero attached hydrogens (tertiary/aromatic N) is 1.